The summed E-state index contributed by atoms with van der Waals surface area (Å²) >= 11 is 1.74. The SMILES string of the molecule is CSc1ccc(CN(C)Cc2nnc3n(C)c(=O)c4ccccc4n23)cc1. The molecule has 7 heteroatoms. The minimum Gasteiger partial charge on any atom is -0.295 e. The smallest absolute Gasteiger partial charge is 0.262 e. The Balaban J connectivity index is 1.68. The molecule has 0 fully saturated rings. The largest absolute Gasteiger partial charge is 0.295 e. The predicted molar refractivity (Wildman–Crippen MR) is 109 cm³/mol. The summed E-state index contributed by atoms with van der Waals surface area (Å²) in [5.74, 6) is 1.38. The molecule has 6 nitrogen and oxygen atoms in total. The number of fused-ring (bicyclic) bond motifs is 3. The van der Waals surface area contributed by atoms with Gasteiger partial charge < -0.3 is 0 Å². The van der Waals surface area contributed by atoms with Gasteiger partial charge in [0, 0.05) is 18.5 Å². The number of hydrogen-bond donors (Lipinski definition) is 0. The summed E-state index contributed by atoms with van der Waals surface area (Å²) in [5, 5.41) is 9.29. The molecular weight excluding hydrogens is 358 g/mol. The molecule has 0 aliphatic heterocycles. The standard InChI is InChI=1S/C20H21N5OS/c1-23(12-14-8-10-15(27-3)11-9-14)13-18-21-22-20-24(2)19(26)16-6-4-5-7-17(16)25(18)20/h4-11H,12-13H2,1-3H3. The van der Waals surface area contributed by atoms with Crippen molar-refractivity contribution in [1.29, 1.82) is 0 Å². The third-order valence-electron chi connectivity index (χ3n) is 4.72. The zero-order chi connectivity index (χ0) is 19.0. The number of para-hydroxylation sites is 1. The second-order valence-electron chi connectivity index (χ2n) is 6.65. The maximum atomic E-state index is 12.5. The molecule has 0 aliphatic rings. The van der Waals surface area contributed by atoms with Gasteiger partial charge >= 0.3 is 0 Å². The van der Waals surface area contributed by atoms with E-state index in [1.807, 2.05) is 28.7 Å². The summed E-state index contributed by atoms with van der Waals surface area (Å²) in [5.41, 5.74) is 2.04. The van der Waals surface area contributed by atoms with Crippen molar-refractivity contribution in [3.63, 3.8) is 0 Å². The van der Waals surface area contributed by atoms with Crippen molar-refractivity contribution in [3.8, 4) is 0 Å². The highest BCUT2D eigenvalue weighted by Crippen LogP contribution is 2.17. The lowest BCUT2D eigenvalue weighted by molar-refractivity contribution is 0.309. The van der Waals surface area contributed by atoms with Gasteiger partial charge in [0.15, 0.2) is 5.82 Å². The molecule has 0 spiro atoms. The molecule has 4 rings (SSSR count). The van der Waals surface area contributed by atoms with Crippen molar-refractivity contribution >= 4 is 28.4 Å². The molecule has 0 saturated heterocycles. The number of aromatic nitrogens is 4. The van der Waals surface area contributed by atoms with Crippen LogP contribution < -0.4 is 5.56 Å². The Kier molecular flexibility index (Phi) is 4.72. The topological polar surface area (TPSA) is 55.4 Å². The summed E-state index contributed by atoms with van der Waals surface area (Å²) in [4.78, 5) is 16.0. The average molecular weight is 379 g/mol. The molecule has 2 heterocycles. The molecule has 0 radical (unpaired) electrons. The number of nitrogens with zero attached hydrogens (tertiary/aromatic N) is 5. The highest BCUT2D eigenvalue weighted by atomic mass is 32.2. The van der Waals surface area contributed by atoms with Crippen LogP contribution in [-0.2, 0) is 20.1 Å². The number of rotatable bonds is 5. The van der Waals surface area contributed by atoms with Gasteiger partial charge in [0.1, 0.15) is 0 Å². The van der Waals surface area contributed by atoms with Crippen LogP contribution in [0, 0.1) is 0 Å². The van der Waals surface area contributed by atoms with Gasteiger partial charge in [-0.3, -0.25) is 18.7 Å². The number of thioether (sulfide) groups is 1. The van der Waals surface area contributed by atoms with E-state index in [2.05, 4.69) is 52.7 Å². The molecule has 4 aromatic rings. The Labute approximate surface area is 161 Å². The molecule has 2 aromatic heterocycles. The van der Waals surface area contributed by atoms with E-state index in [1.165, 1.54) is 10.5 Å². The van der Waals surface area contributed by atoms with Crippen LogP contribution in [0.25, 0.3) is 16.7 Å². The summed E-state index contributed by atoms with van der Waals surface area (Å²) in [7, 11) is 3.80. The number of benzene rings is 2. The quantitative estimate of drug-likeness (QED) is 0.499. The van der Waals surface area contributed by atoms with Gasteiger partial charge in [0.25, 0.3) is 5.56 Å². The highest BCUT2D eigenvalue weighted by molar-refractivity contribution is 7.98. The van der Waals surface area contributed by atoms with Crippen molar-refractivity contribution in [2.24, 2.45) is 7.05 Å². The molecule has 0 N–H and O–H groups in total. The fraction of sp³-hybridized carbons (Fsp3) is 0.250. The first-order valence-corrected chi connectivity index (χ1v) is 9.94. The van der Waals surface area contributed by atoms with Crippen LogP contribution in [0.1, 0.15) is 11.4 Å². The summed E-state index contributed by atoms with van der Waals surface area (Å²) in [6.07, 6.45) is 2.08. The van der Waals surface area contributed by atoms with E-state index < -0.39 is 0 Å². The summed E-state index contributed by atoms with van der Waals surface area (Å²) < 4.78 is 3.53. The predicted octanol–water partition coefficient (Wildman–Crippen LogP) is 2.94. The molecule has 0 atom stereocenters. The molecule has 0 aliphatic carbocycles. The second-order valence-corrected chi connectivity index (χ2v) is 7.53. The van der Waals surface area contributed by atoms with E-state index in [9.17, 15) is 4.79 Å². The Morgan fingerprint density at radius 1 is 1.04 bits per heavy atom. The summed E-state index contributed by atoms with van der Waals surface area (Å²) in [6.45, 7) is 1.45. The van der Waals surface area contributed by atoms with Gasteiger partial charge in [-0.05, 0) is 43.1 Å². The first-order valence-electron chi connectivity index (χ1n) is 8.71. The van der Waals surface area contributed by atoms with Crippen LogP contribution in [0.3, 0.4) is 0 Å². The molecule has 0 saturated carbocycles. The van der Waals surface area contributed by atoms with Gasteiger partial charge in [-0.25, -0.2) is 0 Å². The van der Waals surface area contributed by atoms with Gasteiger partial charge in [0.2, 0.25) is 5.78 Å². The Morgan fingerprint density at radius 3 is 2.52 bits per heavy atom. The molecular formula is C20H21N5OS. The summed E-state index contributed by atoms with van der Waals surface area (Å²) in [6, 6.07) is 16.2. The van der Waals surface area contributed by atoms with E-state index >= 15 is 0 Å². The van der Waals surface area contributed by atoms with Gasteiger partial charge in [-0.1, -0.05) is 24.3 Å². The van der Waals surface area contributed by atoms with Crippen molar-refractivity contribution in [1.82, 2.24) is 24.1 Å². The molecule has 0 amide bonds. The van der Waals surface area contributed by atoms with Gasteiger partial charge in [0.05, 0.1) is 17.4 Å². The van der Waals surface area contributed by atoms with Crippen LogP contribution in [0.15, 0.2) is 58.2 Å². The zero-order valence-corrected chi connectivity index (χ0v) is 16.4. The lowest BCUT2D eigenvalue weighted by Gasteiger charge is -2.16. The minimum absolute atomic E-state index is 0.0562. The lowest BCUT2D eigenvalue weighted by Crippen LogP contribution is -2.22. The fourth-order valence-corrected chi connectivity index (χ4v) is 3.74. The lowest BCUT2D eigenvalue weighted by atomic mass is 10.2. The minimum atomic E-state index is -0.0562. The third-order valence-corrected chi connectivity index (χ3v) is 5.46. The second kappa shape index (κ2) is 7.17. The van der Waals surface area contributed by atoms with E-state index in [-0.39, 0.29) is 5.56 Å². The van der Waals surface area contributed by atoms with E-state index in [0.29, 0.717) is 17.7 Å². The Bertz CT molecular complexity index is 1160. The number of hydrogen-bond acceptors (Lipinski definition) is 5. The van der Waals surface area contributed by atoms with Crippen LogP contribution in [0.4, 0.5) is 0 Å². The van der Waals surface area contributed by atoms with Crippen LogP contribution >= 0.6 is 11.8 Å². The maximum Gasteiger partial charge on any atom is 0.262 e. The van der Waals surface area contributed by atoms with E-state index in [0.717, 1.165) is 17.9 Å². The van der Waals surface area contributed by atoms with Crippen molar-refractivity contribution in [2.45, 2.75) is 18.0 Å². The fourth-order valence-electron chi connectivity index (χ4n) is 3.33. The highest BCUT2D eigenvalue weighted by Gasteiger charge is 2.15. The zero-order valence-electron chi connectivity index (χ0n) is 15.6. The van der Waals surface area contributed by atoms with Crippen LogP contribution in [-0.4, -0.2) is 37.4 Å². The monoisotopic (exact) mass is 379 g/mol. The molecule has 0 unspecified atom stereocenters. The average Bonchev–Trinajstić information content (AvgIpc) is 3.10. The van der Waals surface area contributed by atoms with Gasteiger partial charge in [-0.15, -0.1) is 22.0 Å². The molecule has 27 heavy (non-hydrogen) atoms. The normalized spacial score (nSPS) is 11.7. The van der Waals surface area contributed by atoms with E-state index in [4.69, 9.17) is 0 Å². The molecule has 2 aromatic carbocycles. The van der Waals surface area contributed by atoms with Crippen molar-refractivity contribution in [3.05, 3.63) is 70.3 Å². The maximum absolute atomic E-state index is 12.5. The third kappa shape index (κ3) is 3.24. The van der Waals surface area contributed by atoms with Crippen LogP contribution in [0.2, 0.25) is 0 Å². The van der Waals surface area contributed by atoms with E-state index in [1.54, 1.807) is 23.4 Å². The molecule has 138 valence electrons. The Hall–Kier alpha value is -2.64. The molecule has 0 bridgehead atoms. The first-order chi connectivity index (χ1) is 13.1. The first kappa shape index (κ1) is 17.8. The van der Waals surface area contributed by atoms with Crippen molar-refractivity contribution < 1.29 is 0 Å². The number of aryl methyl sites for hydroxylation is 1. The van der Waals surface area contributed by atoms with Crippen LogP contribution in [0.5, 0.6) is 0 Å². The van der Waals surface area contributed by atoms with Crippen molar-refractivity contribution in [2.75, 3.05) is 13.3 Å². The Morgan fingerprint density at radius 2 is 1.78 bits per heavy atom. The van der Waals surface area contributed by atoms with Gasteiger partial charge in [-0.2, -0.15) is 0 Å².